The van der Waals surface area contributed by atoms with Crippen molar-refractivity contribution in [1.82, 2.24) is 14.8 Å². The lowest BCUT2D eigenvalue weighted by molar-refractivity contribution is -0.116. The Morgan fingerprint density at radius 1 is 1.18 bits per heavy atom. The van der Waals surface area contributed by atoms with Gasteiger partial charge in [-0.25, -0.2) is 0 Å². The largest absolute Gasteiger partial charge is 0.326 e. The summed E-state index contributed by atoms with van der Waals surface area (Å²) in [5.74, 6) is 0.0545. The minimum Gasteiger partial charge on any atom is -0.326 e. The van der Waals surface area contributed by atoms with E-state index in [0.29, 0.717) is 33.5 Å². The molecule has 3 N–H and O–H groups in total. The molecule has 0 atom stereocenters. The van der Waals surface area contributed by atoms with Gasteiger partial charge in [-0.1, -0.05) is 41.9 Å². The SMILES string of the molecule is CC(=O)Nc1ccc(NC(=O)Cc2n[nH]c(=S)n2Cc2ccccc2)cc1Cl. The average molecular weight is 416 g/mol. The fraction of sp³-hybridized carbons (Fsp3) is 0.158. The number of carbonyl (C=O) groups excluding carboxylic acids is 2. The topological polar surface area (TPSA) is 91.8 Å². The van der Waals surface area contributed by atoms with Crippen LogP contribution in [0.15, 0.2) is 48.5 Å². The van der Waals surface area contributed by atoms with Crippen LogP contribution >= 0.6 is 23.8 Å². The Balaban J connectivity index is 1.70. The average Bonchev–Trinajstić information content (AvgIpc) is 2.98. The van der Waals surface area contributed by atoms with Crippen molar-refractivity contribution in [2.75, 3.05) is 10.6 Å². The second-order valence-corrected chi connectivity index (χ2v) is 6.91. The summed E-state index contributed by atoms with van der Waals surface area (Å²) in [4.78, 5) is 23.6. The van der Waals surface area contributed by atoms with Crippen molar-refractivity contribution >= 4 is 47.0 Å². The number of aromatic amines is 1. The Morgan fingerprint density at radius 3 is 2.61 bits per heavy atom. The number of carbonyl (C=O) groups is 2. The first-order valence-electron chi connectivity index (χ1n) is 8.47. The lowest BCUT2D eigenvalue weighted by Gasteiger charge is -2.10. The van der Waals surface area contributed by atoms with E-state index in [1.165, 1.54) is 6.92 Å². The summed E-state index contributed by atoms with van der Waals surface area (Å²) in [5.41, 5.74) is 2.06. The van der Waals surface area contributed by atoms with Crippen LogP contribution in [0.25, 0.3) is 0 Å². The number of nitrogens with zero attached hydrogens (tertiary/aromatic N) is 2. The fourth-order valence-electron chi connectivity index (χ4n) is 2.65. The van der Waals surface area contributed by atoms with Crippen LogP contribution in [0.2, 0.25) is 5.02 Å². The predicted molar refractivity (Wildman–Crippen MR) is 111 cm³/mol. The highest BCUT2D eigenvalue weighted by Gasteiger charge is 2.13. The molecule has 0 saturated heterocycles. The minimum atomic E-state index is -0.258. The van der Waals surface area contributed by atoms with Crippen LogP contribution in [0, 0.1) is 4.77 Å². The molecule has 2 amide bonds. The monoisotopic (exact) mass is 415 g/mol. The maximum Gasteiger partial charge on any atom is 0.232 e. The molecule has 0 bridgehead atoms. The first kappa shape index (κ1) is 19.8. The zero-order valence-corrected chi connectivity index (χ0v) is 16.6. The molecule has 3 rings (SSSR count). The maximum atomic E-state index is 12.4. The number of anilines is 2. The molecule has 1 aromatic heterocycles. The predicted octanol–water partition coefficient (Wildman–Crippen LogP) is 3.78. The van der Waals surface area contributed by atoms with Crippen molar-refractivity contribution in [3.63, 3.8) is 0 Å². The zero-order valence-electron chi connectivity index (χ0n) is 15.0. The molecule has 0 spiro atoms. The van der Waals surface area contributed by atoms with E-state index in [0.717, 1.165) is 5.56 Å². The summed E-state index contributed by atoms with van der Waals surface area (Å²) >= 11 is 11.4. The summed E-state index contributed by atoms with van der Waals surface area (Å²) in [6, 6.07) is 14.7. The number of hydrogen-bond donors (Lipinski definition) is 3. The van der Waals surface area contributed by atoms with E-state index in [1.54, 1.807) is 22.8 Å². The molecule has 7 nitrogen and oxygen atoms in total. The molecule has 0 aliphatic carbocycles. The normalized spacial score (nSPS) is 10.5. The van der Waals surface area contributed by atoms with E-state index in [9.17, 15) is 9.59 Å². The smallest absolute Gasteiger partial charge is 0.232 e. The van der Waals surface area contributed by atoms with Crippen LogP contribution in [0.4, 0.5) is 11.4 Å². The Morgan fingerprint density at radius 2 is 1.93 bits per heavy atom. The third-order valence-corrected chi connectivity index (χ3v) is 4.53. The molecular formula is C19H18ClN5O2S. The van der Waals surface area contributed by atoms with Gasteiger partial charge < -0.3 is 10.6 Å². The molecule has 0 radical (unpaired) electrons. The van der Waals surface area contributed by atoms with Gasteiger partial charge in [-0.3, -0.25) is 19.3 Å². The standard InChI is InChI=1S/C19H18ClN5O2S/c1-12(26)21-16-8-7-14(9-15(16)20)22-18(27)10-17-23-24-19(28)25(17)11-13-5-3-2-4-6-13/h2-9H,10-11H2,1H3,(H,21,26)(H,22,27)(H,24,28). The Labute approximate surface area is 171 Å². The molecule has 2 aromatic carbocycles. The molecule has 0 aliphatic rings. The number of H-pyrrole nitrogens is 1. The number of benzene rings is 2. The molecule has 28 heavy (non-hydrogen) atoms. The van der Waals surface area contributed by atoms with E-state index in [1.807, 2.05) is 30.3 Å². The lowest BCUT2D eigenvalue weighted by atomic mass is 10.2. The van der Waals surface area contributed by atoms with Crippen LogP contribution in [-0.4, -0.2) is 26.6 Å². The summed E-state index contributed by atoms with van der Waals surface area (Å²) in [5, 5.41) is 12.6. The van der Waals surface area contributed by atoms with Gasteiger partial charge in [0.25, 0.3) is 0 Å². The van der Waals surface area contributed by atoms with Crippen LogP contribution in [0.5, 0.6) is 0 Å². The van der Waals surface area contributed by atoms with Crippen molar-refractivity contribution in [3.05, 3.63) is 69.7 Å². The third kappa shape index (κ3) is 5.05. The van der Waals surface area contributed by atoms with E-state index < -0.39 is 0 Å². The molecule has 0 aliphatic heterocycles. The third-order valence-electron chi connectivity index (χ3n) is 3.90. The lowest BCUT2D eigenvalue weighted by Crippen LogP contribution is -2.18. The number of hydrogen-bond acceptors (Lipinski definition) is 4. The maximum absolute atomic E-state index is 12.4. The molecule has 0 saturated carbocycles. The highest BCUT2D eigenvalue weighted by Crippen LogP contribution is 2.25. The molecular weight excluding hydrogens is 398 g/mol. The molecule has 0 unspecified atom stereocenters. The first-order valence-corrected chi connectivity index (χ1v) is 9.26. The van der Waals surface area contributed by atoms with Crippen LogP contribution < -0.4 is 10.6 Å². The van der Waals surface area contributed by atoms with Crippen molar-refractivity contribution in [1.29, 1.82) is 0 Å². The Bertz CT molecular complexity index is 1060. The molecule has 144 valence electrons. The van der Waals surface area contributed by atoms with Gasteiger partial charge in [0.05, 0.1) is 23.7 Å². The quantitative estimate of drug-likeness (QED) is 0.534. The zero-order chi connectivity index (χ0) is 20.1. The van der Waals surface area contributed by atoms with E-state index in [-0.39, 0.29) is 18.2 Å². The van der Waals surface area contributed by atoms with E-state index >= 15 is 0 Å². The second kappa shape index (κ2) is 8.81. The summed E-state index contributed by atoms with van der Waals surface area (Å²) in [6.07, 6.45) is 0.0467. The van der Waals surface area contributed by atoms with Crippen molar-refractivity contribution in [3.8, 4) is 0 Å². The van der Waals surface area contributed by atoms with E-state index in [4.69, 9.17) is 23.8 Å². The highest BCUT2D eigenvalue weighted by molar-refractivity contribution is 7.71. The van der Waals surface area contributed by atoms with Crippen LogP contribution in [0.1, 0.15) is 18.3 Å². The van der Waals surface area contributed by atoms with Gasteiger partial charge >= 0.3 is 0 Å². The van der Waals surface area contributed by atoms with Crippen LogP contribution in [0.3, 0.4) is 0 Å². The second-order valence-electron chi connectivity index (χ2n) is 6.12. The summed E-state index contributed by atoms with van der Waals surface area (Å²) in [6.45, 7) is 1.92. The van der Waals surface area contributed by atoms with Gasteiger partial charge in [0.15, 0.2) is 4.77 Å². The molecule has 9 heteroatoms. The Kier molecular flexibility index (Phi) is 6.23. The molecule has 3 aromatic rings. The van der Waals surface area contributed by atoms with Crippen molar-refractivity contribution < 1.29 is 9.59 Å². The van der Waals surface area contributed by atoms with E-state index in [2.05, 4.69) is 20.8 Å². The fourth-order valence-corrected chi connectivity index (χ4v) is 3.09. The van der Waals surface area contributed by atoms with Crippen LogP contribution in [-0.2, 0) is 22.6 Å². The van der Waals surface area contributed by atoms with Gasteiger partial charge in [-0.15, -0.1) is 0 Å². The molecule has 1 heterocycles. The number of nitrogens with one attached hydrogen (secondary N) is 3. The minimum absolute atomic E-state index is 0.0467. The van der Waals surface area contributed by atoms with Gasteiger partial charge in [0.1, 0.15) is 5.82 Å². The number of rotatable bonds is 6. The molecule has 0 fully saturated rings. The number of aromatic nitrogens is 3. The van der Waals surface area contributed by atoms with Gasteiger partial charge in [-0.2, -0.15) is 5.10 Å². The highest BCUT2D eigenvalue weighted by atomic mass is 35.5. The van der Waals surface area contributed by atoms with Crippen molar-refractivity contribution in [2.24, 2.45) is 0 Å². The Hall–Kier alpha value is -2.97. The number of halogens is 1. The first-order chi connectivity index (χ1) is 13.4. The summed E-state index contributed by atoms with van der Waals surface area (Å²) in [7, 11) is 0. The summed E-state index contributed by atoms with van der Waals surface area (Å²) < 4.78 is 2.24. The number of amides is 2. The van der Waals surface area contributed by atoms with Crippen molar-refractivity contribution in [2.45, 2.75) is 19.9 Å². The van der Waals surface area contributed by atoms with Gasteiger partial charge in [0.2, 0.25) is 11.8 Å². The van der Waals surface area contributed by atoms with Gasteiger partial charge in [-0.05, 0) is 36.0 Å². The van der Waals surface area contributed by atoms with Gasteiger partial charge in [0, 0.05) is 12.6 Å².